The number of hydrogen-bond acceptors (Lipinski definition) is 5. The number of ether oxygens (including phenoxy) is 2. The van der Waals surface area contributed by atoms with Gasteiger partial charge in [-0.25, -0.2) is 9.78 Å². The lowest BCUT2D eigenvalue weighted by Gasteiger charge is -2.10. The Morgan fingerprint density at radius 3 is 2.18 bits per heavy atom. The Kier molecular flexibility index (Phi) is 8.34. The van der Waals surface area contributed by atoms with Crippen LogP contribution in [0.25, 0.3) is 0 Å². The lowest BCUT2D eigenvalue weighted by atomic mass is 10.2. The average molecular weight is 540 g/mol. The lowest BCUT2D eigenvalue weighted by Crippen LogP contribution is -2.26. The van der Waals surface area contributed by atoms with Crippen LogP contribution in [0, 0.1) is 0 Å². The predicted octanol–water partition coefficient (Wildman–Crippen LogP) is 5.41. The Morgan fingerprint density at radius 2 is 1.54 bits per heavy atom. The normalized spacial score (nSPS) is 11.0. The Hall–Kier alpha value is -5.00. The first-order valence-corrected chi connectivity index (χ1v) is 11.6. The number of nitrogens with zero attached hydrogens (tertiary/aromatic N) is 2. The zero-order valence-corrected chi connectivity index (χ0v) is 20.7. The molecule has 0 aliphatic carbocycles. The molecule has 4 aromatic rings. The van der Waals surface area contributed by atoms with E-state index in [2.05, 4.69) is 25.7 Å². The molecule has 0 saturated carbocycles. The van der Waals surface area contributed by atoms with Gasteiger partial charge in [0.05, 0.1) is 7.11 Å². The number of imidazole rings is 1. The number of carbonyl (C=O) groups excluding carboxylic acids is 2. The molecule has 0 unspecified atom stereocenters. The van der Waals surface area contributed by atoms with Crippen molar-refractivity contribution in [2.45, 2.75) is 19.5 Å². The molecule has 1 heterocycles. The fourth-order valence-corrected chi connectivity index (χ4v) is 3.58. The van der Waals surface area contributed by atoms with Gasteiger partial charge in [-0.1, -0.05) is 42.5 Å². The van der Waals surface area contributed by atoms with Crippen molar-refractivity contribution in [3.05, 3.63) is 102 Å². The number of rotatable bonds is 9. The van der Waals surface area contributed by atoms with Crippen LogP contribution in [0.15, 0.2) is 85.1 Å². The number of alkyl halides is 3. The zero-order chi connectivity index (χ0) is 27.8. The molecule has 4 rings (SSSR count). The van der Waals surface area contributed by atoms with Gasteiger partial charge < -0.3 is 24.7 Å². The minimum Gasteiger partial charge on any atom is -0.497 e. The van der Waals surface area contributed by atoms with E-state index < -0.39 is 24.1 Å². The van der Waals surface area contributed by atoms with E-state index in [1.54, 1.807) is 23.8 Å². The standard InChI is InChI=1S/C27H24F3N5O4/c1-38-21-11-7-18(8-12-21)15-31-25(36)24-33-23(17-35(24)16-19-5-3-2-4-6-19)34-26(37)32-20-9-13-22(14-10-20)39-27(28,29)30/h2-14,17H,15-16H2,1H3,(H,31,36)(H2,32,34,37). The van der Waals surface area contributed by atoms with E-state index in [1.165, 1.54) is 18.3 Å². The highest BCUT2D eigenvalue weighted by Gasteiger charge is 2.31. The van der Waals surface area contributed by atoms with Gasteiger partial charge in [0.25, 0.3) is 5.91 Å². The molecule has 1 aromatic heterocycles. The van der Waals surface area contributed by atoms with Crippen molar-refractivity contribution in [3.63, 3.8) is 0 Å². The molecule has 0 aliphatic rings. The predicted molar refractivity (Wildman–Crippen MR) is 138 cm³/mol. The van der Waals surface area contributed by atoms with E-state index in [0.717, 1.165) is 23.3 Å². The molecule has 3 aromatic carbocycles. The van der Waals surface area contributed by atoms with Gasteiger partial charge in [-0.2, -0.15) is 0 Å². The van der Waals surface area contributed by atoms with E-state index in [1.807, 2.05) is 42.5 Å². The molecule has 0 atom stereocenters. The van der Waals surface area contributed by atoms with Crippen LogP contribution in [0.2, 0.25) is 0 Å². The summed E-state index contributed by atoms with van der Waals surface area (Å²) >= 11 is 0. The number of carbonyl (C=O) groups is 2. The van der Waals surface area contributed by atoms with Gasteiger partial charge >= 0.3 is 12.4 Å². The summed E-state index contributed by atoms with van der Waals surface area (Å²) in [5.41, 5.74) is 1.99. The van der Waals surface area contributed by atoms with Crippen molar-refractivity contribution < 1.29 is 32.2 Å². The third-order valence-electron chi connectivity index (χ3n) is 5.37. The third-order valence-corrected chi connectivity index (χ3v) is 5.37. The second kappa shape index (κ2) is 12.0. The number of halogens is 3. The van der Waals surface area contributed by atoms with Gasteiger partial charge in [0.15, 0.2) is 5.82 Å². The minimum absolute atomic E-state index is 0.0799. The maximum atomic E-state index is 13.0. The summed E-state index contributed by atoms with van der Waals surface area (Å²) in [6, 6.07) is 20.6. The topological polar surface area (TPSA) is 107 Å². The van der Waals surface area contributed by atoms with Gasteiger partial charge in [0, 0.05) is 25.0 Å². The highest BCUT2D eigenvalue weighted by atomic mass is 19.4. The fraction of sp³-hybridized carbons (Fsp3) is 0.148. The molecule has 0 saturated heterocycles. The second-order valence-electron chi connectivity index (χ2n) is 8.25. The second-order valence-corrected chi connectivity index (χ2v) is 8.25. The van der Waals surface area contributed by atoms with Crippen molar-refractivity contribution >= 4 is 23.4 Å². The van der Waals surface area contributed by atoms with Gasteiger partial charge in [-0.15, -0.1) is 13.2 Å². The first kappa shape index (κ1) is 27.0. The number of aromatic nitrogens is 2. The van der Waals surface area contributed by atoms with Crippen LogP contribution in [0.4, 0.5) is 29.5 Å². The Morgan fingerprint density at radius 1 is 0.872 bits per heavy atom. The number of nitrogens with one attached hydrogen (secondary N) is 3. The summed E-state index contributed by atoms with van der Waals surface area (Å²) < 4.78 is 47.6. The number of amides is 3. The van der Waals surface area contributed by atoms with Gasteiger partial charge in [-0.3, -0.25) is 10.1 Å². The van der Waals surface area contributed by atoms with E-state index >= 15 is 0 Å². The van der Waals surface area contributed by atoms with Crippen LogP contribution < -0.4 is 25.4 Å². The van der Waals surface area contributed by atoms with E-state index in [4.69, 9.17) is 4.74 Å². The summed E-state index contributed by atoms with van der Waals surface area (Å²) in [4.78, 5) is 29.8. The van der Waals surface area contributed by atoms with Gasteiger partial charge in [0.2, 0.25) is 5.82 Å². The van der Waals surface area contributed by atoms with Crippen molar-refractivity contribution in [2.75, 3.05) is 17.7 Å². The molecule has 0 radical (unpaired) electrons. The van der Waals surface area contributed by atoms with Crippen LogP contribution in [-0.4, -0.2) is 35.0 Å². The summed E-state index contributed by atoms with van der Waals surface area (Å²) in [5, 5.41) is 7.86. The van der Waals surface area contributed by atoms with E-state index in [-0.39, 0.29) is 23.9 Å². The molecule has 0 fully saturated rings. The van der Waals surface area contributed by atoms with Crippen molar-refractivity contribution in [2.24, 2.45) is 0 Å². The Labute approximate surface area is 221 Å². The highest BCUT2D eigenvalue weighted by molar-refractivity contribution is 5.99. The van der Waals surface area contributed by atoms with Gasteiger partial charge in [-0.05, 0) is 47.5 Å². The molecule has 3 N–H and O–H groups in total. The lowest BCUT2D eigenvalue weighted by molar-refractivity contribution is -0.274. The SMILES string of the molecule is COc1ccc(CNC(=O)c2nc(NC(=O)Nc3ccc(OC(F)(F)F)cc3)cn2Cc2ccccc2)cc1. The zero-order valence-electron chi connectivity index (χ0n) is 20.7. The van der Waals surface area contributed by atoms with Gasteiger partial charge in [0.1, 0.15) is 11.5 Å². The van der Waals surface area contributed by atoms with Crippen LogP contribution in [0.3, 0.4) is 0 Å². The monoisotopic (exact) mass is 539 g/mol. The number of anilines is 2. The van der Waals surface area contributed by atoms with Crippen LogP contribution >= 0.6 is 0 Å². The molecule has 0 bridgehead atoms. The summed E-state index contributed by atoms with van der Waals surface area (Å²) in [6.45, 7) is 0.571. The third kappa shape index (κ3) is 7.99. The molecule has 0 aliphatic heterocycles. The molecule has 9 nitrogen and oxygen atoms in total. The van der Waals surface area contributed by atoms with Crippen molar-refractivity contribution in [1.29, 1.82) is 0 Å². The largest absolute Gasteiger partial charge is 0.573 e. The first-order valence-electron chi connectivity index (χ1n) is 11.6. The van der Waals surface area contributed by atoms with E-state index in [0.29, 0.717) is 12.3 Å². The number of benzene rings is 3. The molecule has 3 amide bonds. The van der Waals surface area contributed by atoms with Crippen molar-refractivity contribution in [3.8, 4) is 11.5 Å². The molecule has 0 spiro atoms. The smallest absolute Gasteiger partial charge is 0.497 e. The quantitative estimate of drug-likeness (QED) is 0.264. The molecular formula is C27H24F3N5O4. The summed E-state index contributed by atoms with van der Waals surface area (Å²) in [6.07, 6.45) is -3.29. The number of methoxy groups -OCH3 is 1. The van der Waals surface area contributed by atoms with Crippen LogP contribution in [-0.2, 0) is 13.1 Å². The summed E-state index contributed by atoms with van der Waals surface area (Å²) in [7, 11) is 1.57. The Bertz CT molecular complexity index is 1410. The maximum Gasteiger partial charge on any atom is 0.573 e. The van der Waals surface area contributed by atoms with Crippen LogP contribution in [0.5, 0.6) is 11.5 Å². The average Bonchev–Trinajstić information content (AvgIpc) is 3.30. The minimum atomic E-state index is -4.82. The van der Waals surface area contributed by atoms with E-state index in [9.17, 15) is 22.8 Å². The van der Waals surface area contributed by atoms with Crippen molar-refractivity contribution in [1.82, 2.24) is 14.9 Å². The van der Waals surface area contributed by atoms with Crippen LogP contribution in [0.1, 0.15) is 21.7 Å². The fourth-order valence-electron chi connectivity index (χ4n) is 3.58. The molecular weight excluding hydrogens is 515 g/mol. The Balaban J connectivity index is 1.45. The molecule has 202 valence electrons. The highest BCUT2D eigenvalue weighted by Crippen LogP contribution is 2.24. The number of urea groups is 1. The number of hydrogen-bond donors (Lipinski definition) is 3. The summed E-state index contributed by atoms with van der Waals surface area (Å²) in [5.74, 6) is 0.0169. The molecule has 39 heavy (non-hydrogen) atoms. The molecule has 12 heteroatoms. The maximum absolute atomic E-state index is 13.0. The first-order chi connectivity index (χ1) is 18.7.